The molecule has 0 aromatic carbocycles. The number of aromatic nitrogens is 1. The Balaban J connectivity index is 2.31. The Morgan fingerprint density at radius 3 is 2.00 bits per heavy atom. The van der Waals surface area contributed by atoms with Crippen LogP contribution >= 0.6 is 0 Å². The molecule has 1 aromatic rings. The summed E-state index contributed by atoms with van der Waals surface area (Å²) in [5, 5.41) is 0. The predicted octanol–water partition coefficient (Wildman–Crippen LogP) is 2.71. The first-order chi connectivity index (χ1) is 8.94. The van der Waals surface area contributed by atoms with Gasteiger partial charge in [0.2, 0.25) is 0 Å². The summed E-state index contributed by atoms with van der Waals surface area (Å²) in [5.41, 5.74) is -1.37. The van der Waals surface area contributed by atoms with Gasteiger partial charge >= 0.3 is 13.3 Å². The number of rotatable bonds is 1. The molecule has 0 unspecified atom stereocenters. The van der Waals surface area contributed by atoms with Crippen molar-refractivity contribution >= 4 is 12.7 Å². The third kappa shape index (κ3) is 2.56. The van der Waals surface area contributed by atoms with Crippen LogP contribution in [0.15, 0.2) is 12.3 Å². The van der Waals surface area contributed by atoms with E-state index in [4.69, 9.17) is 9.31 Å². The van der Waals surface area contributed by atoms with Crippen LogP contribution in [0.3, 0.4) is 0 Å². The first-order valence-electron chi connectivity index (χ1n) is 6.33. The molecule has 0 bridgehead atoms. The Hall–Kier alpha value is -1.08. The van der Waals surface area contributed by atoms with Crippen LogP contribution in [0.1, 0.15) is 38.8 Å². The summed E-state index contributed by atoms with van der Waals surface area (Å²) in [7, 11) is -0.749. The van der Waals surface area contributed by atoms with Crippen molar-refractivity contribution in [3.63, 3.8) is 0 Å². The molecule has 0 amide bonds. The zero-order valence-corrected chi connectivity index (χ0v) is 12.1. The second-order valence-electron chi connectivity index (χ2n) is 6.01. The fourth-order valence-corrected chi connectivity index (χ4v) is 1.97. The lowest BCUT2D eigenvalue weighted by atomic mass is 9.83. The lowest BCUT2D eigenvalue weighted by Crippen LogP contribution is -2.41. The fourth-order valence-electron chi connectivity index (χ4n) is 1.97. The van der Waals surface area contributed by atoms with Crippen molar-refractivity contribution in [2.45, 2.75) is 52.0 Å². The van der Waals surface area contributed by atoms with Crippen molar-refractivity contribution in [2.24, 2.45) is 0 Å². The molecule has 1 saturated heterocycles. The Kier molecular flexibility index (Phi) is 3.42. The van der Waals surface area contributed by atoms with Gasteiger partial charge in [0.05, 0.1) is 22.4 Å². The Morgan fingerprint density at radius 2 is 1.60 bits per heavy atom. The summed E-state index contributed by atoms with van der Waals surface area (Å²) in [5.74, 6) is 0. The SMILES string of the molecule is Cc1cc(B2OC(C)(C)C(C)(C)O2)ncc1C(F)(F)F. The highest BCUT2D eigenvalue weighted by Crippen LogP contribution is 2.36. The summed E-state index contributed by atoms with van der Waals surface area (Å²) in [6, 6.07) is 1.37. The van der Waals surface area contributed by atoms with Crippen molar-refractivity contribution in [1.82, 2.24) is 4.98 Å². The first-order valence-corrected chi connectivity index (χ1v) is 6.33. The molecular formula is C13H17BF3NO2. The van der Waals surface area contributed by atoms with Crippen molar-refractivity contribution in [3.8, 4) is 0 Å². The number of alkyl halides is 3. The second kappa shape index (κ2) is 4.46. The average molecular weight is 287 g/mol. The van der Waals surface area contributed by atoms with Gasteiger partial charge in [-0.15, -0.1) is 0 Å². The molecule has 20 heavy (non-hydrogen) atoms. The Bertz CT molecular complexity index is 513. The number of pyridine rings is 1. The molecular weight excluding hydrogens is 270 g/mol. The highest BCUT2D eigenvalue weighted by molar-refractivity contribution is 6.61. The van der Waals surface area contributed by atoms with Crippen LogP contribution in [0.25, 0.3) is 0 Å². The van der Waals surface area contributed by atoms with E-state index >= 15 is 0 Å². The van der Waals surface area contributed by atoms with Crippen LogP contribution in [-0.4, -0.2) is 23.3 Å². The maximum Gasteiger partial charge on any atom is 0.514 e. The van der Waals surface area contributed by atoms with Crippen LogP contribution < -0.4 is 5.59 Å². The zero-order chi connectivity index (χ0) is 15.3. The first kappa shape index (κ1) is 15.3. The summed E-state index contributed by atoms with van der Waals surface area (Å²) in [6.45, 7) is 8.92. The van der Waals surface area contributed by atoms with Crippen molar-refractivity contribution in [1.29, 1.82) is 0 Å². The molecule has 1 aliphatic heterocycles. The lowest BCUT2D eigenvalue weighted by Gasteiger charge is -2.32. The molecule has 0 atom stereocenters. The maximum absolute atomic E-state index is 12.7. The number of hydrogen-bond donors (Lipinski definition) is 0. The van der Waals surface area contributed by atoms with Gasteiger partial charge in [-0.05, 0) is 46.2 Å². The molecule has 0 radical (unpaired) electrons. The van der Waals surface area contributed by atoms with E-state index in [9.17, 15) is 13.2 Å². The van der Waals surface area contributed by atoms with E-state index < -0.39 is 30.1 Å². The van der Waals surface area contributed by atoms with Gasteiger partial charge in [-0.3, -0.25) is 4.98 Å². The molecule has 110 valence electrons. The molecule has 1 aliphatic rings. The van der Waals surface area contributed by atoms with Crippen molar-refractivity contribution in [2.75, 3.05) is 0 Å². The number of halogens is 3. The topological polar surface area (TPSA) is 31.4 Å². The average Bonchev–Trinajstić information content (AvgIpc) is 2.46. The number of nitrogens with zero attached hydrogens (tertiary/aromatic N) is 1. The molecule has 0 aliphatic carbocycles. The van der Waals surface area contributed by atoms with Gasteiger partial charge in [-0.25, -0.2) is 0 Å². The summed E-state index contributed by atoms with van der Waals surface area (Å²) in [6.07, 6.45) is -3.57. The maximum atomic E-state index is 12.7. The van der Waals surface area contributed by atoms with E-state index in [0.717, 1.165) is 6.20 Å². The van der Waals surface area contributed by atoms with Gasteiger partial charge in [0.15, 0.2) is 0 Å². The highest BCUT2D eigenvalue weighted by Gasteiger charge is 2.52. The van der Waals surface area contributed by atoms with E-state index in [0.29, 0.717) is 5.59 Å². The molecule has 0 N–H and O–H groups in total. The van der Waals surface area contributed by atoms with Gasteiger partial charge in [-0.1, -0.05) is 0 Å². The van der Waals surface area contributed by atoms with Gasteiger partial charge in [0.1, 0.15) is 0 Å². The molecule has 0 spiro atoms. The second-order valence-corrected chi connectivity index (χ2v) is 6.01. The molecule has 0 saturated carbocycles. The van der Waals surface area contributed by atoms with E-state index in [2.05, 4.69) is 4.98 Å². The largest absolute Gasteiger partial charge is 0.514 e. The van der Waals surface area contributed by atoms with Crippen LogP contribution in [0.2, 0.25) is 0 Å². The summed E-state index contributed by atoms with van der Waals surface area (Å²) >= 11 is 0. The molecule has 2 heterocycles. The van der Waals surface area contributed by atoms with E-state index in [1.54, 1.807) is 0 Å². The van der Waals surface area contributed by atoms with Gasteiger partial charge < -0.3 is 9.31 Å². The third-order valence-electron chi connectivity index (χ3n) is 3.93. The van der Waals surface area contributed by atoms with Gasteiger partial charge in [-0.2, -0.15) is 13.2 Å². The smallest absolute Gasteiger partial charge is 0.398 e. The molecule has 7 heteroatoms. The van der Waals surface area contributed by atoms with Gasteiger partial charge in [0.25, 0.3) is 0 Å². The number of aryl methyl sites for hydroxylation is 1. The minimum absolute atomic E-state index is 0.109. The van der Waals surface area contributed by atoms with Crippen LogP contribution in [0.4, 0.5) is 13.2 Å². The lowest BCUT2D eigenvalue weighted by molar-refractivity contribution is -0.138. The molecule has 2 rings (SSSR count). The van der Waals surface area contributed by atoms with E-state index in [-0.39, 0.29) is 5.56 Å². The highest BCUT2D eigenvalue weighted by atomic mass is 19.4. The predicted molar refractivity (Wildman–Crippen MR) is 69.7 cm³/mol. The summed E-state index contributed by atoms with van der Waals surface area (Å²) < 4.78 is 49.6. The fraction of sp³-hybridized carbons (Fsp3) is 0.615. The van der Waals surface area contributed by atoms with Gasteiger partial charge in [0, 0.05) is 6.20 Å². The van der Waals surface area contributed by atoms with Crippen LogP contribution in [-0.2, 0) is 15.5 Å². The van der Waals surface area contributed by atoms with Crippen molar-refractivity contribution in [3.05, 3.63) is 23.4 Å². The van der Waals surface area contributed by atoms with Crippen LogP contribution in [0, 0.1) is 6.92 Å². The standard InChI is InChI=1S/C13H17BF3NO2/c1-8-6-10(18-7-9(8)13(15,16)17)14-19-11(2,3)12(4,5)20-14/h6-7H,1-5H3. The molecule has 1 aromatic heterocycles. The third-order valence-corrected chi connectivity index (χ3v) is 3.93. The Labute approximate surface area is 116 Å². The monoisotopic (exact) mass is 287 g/mol. The summed E-state index contributed by atoms with van der Waals surface area (Å²) in [4.78, 5) is 3.85. The molecule has 1 fully saturated rings. The van der Waals surface area contributed by atoms with E-state index in [1.165, 1.54) is 13.0 Å². The minimum Gasteiger partial charge on any atom is -0.398 e. The van der Waals surface area contributed by atoms with E-state index in [1.807, 2.05) is 27.7 Å². The zero-order valence-electron chi connectivity index (χ0n) is 12.1. The van der Waals surface area contributed by atoms with Crippen molar-refractivity contribution < 1.29 is 22.5 Å². The Morgan fingerprint density at radius 1 is 1.10 bits per heavy atom. The van der Waals surface area contributed by atoms with Crippen LogP contribution in [0.5, 0.6) is 0 Å². The minimum atomic E-state index is -4.40. The molecule has 3 nitrogen and oxygen atoms in total. The quantitative estimate of drug-likeness (QED) is 0.744. The normalized spacial score (nSPS) is 21.3. The number of hydrogen-bond acceptors (Lipinski definition) is 3.